The van der Waals surface area contributed by atoms with E-state index in [2.05, 4.69) is 4.74 Å². The highest BCUT2D eigenvalue weighted by molar-refractivity contribution is 5.87. The van der Waals surface area contributed by atoms with Gasteiger partial charge in [0.05, 0.1) is 6.61 Å². The van der Waals surface area contributed by atoms with E-state index >= 15 is 0 Å². The van der Waals surface area contributed by atoms with Gasteiger partial charge in [-0.15, -0.1) is 0 Å². The van der Waals surface area contributed by atoms with E-state index in [0.717, 1.165) is 5.31 Å². The molecule has 1 rings (SSSR count). The monoisotopic (exact) mass is 278 g/mol. The average molecular weight is 278 g/mol. The molecule has 8 nitrogen and oxygen atoms in total. The van der Waals surface area contributed by atoms with Crippen LogP contribution in [-0.4, -0.2) is 76.3 Å². The SMILES string of the molecule is [2H]N1CCC[C@H]1C(=O)OCC(=O)[C@@H](O)[C@H](O)[C@H](O)CO. The van der Waals surface area contributed by atoms with E-state index in [1.807, 2.05) is 0 Å². The van der Waals surface area contributed by atoms with E-state index in [0.29, 0.717) is 19.4 Å². The average Bonchev–Trinajstić information content (AvgIpc) is 2.87. The molecule has 1 aliphatic heterocycles. The molecule has 4 atom stereocenters. The van der Waals surface area contributed by atoms with Crippen molar-refractivity contribution in [3.63, 3.8) is 0 Å². The van der Waals surface area contributed by atoms with Gasteiger partial charge in [0.2, 0.25) is 5.78 Å². The molecule has 19 heavy (non-hydrogen) atoms. The number of esters is 1. The largest absolute Gasteiger partial charge is 0.456 e. The van der Waals surface area contributed by atoms with Gasteiger partial charge in [-0.25, -0.2) is 0 Å². The number of hydrogen-bond acceptors (Lipinski definition) is 8. The molecular weight excluding hydrogens is 258 g/mol. The Bertz CT molecular complexity index is 354. The maximum absolute atomic E-state index is 11.6. The number of ether oxygens (including phenoxy) is 1. The quantitative estimate of drug-likeness (QED) is 0.309. The molecule has 0 amide bonds. The molecule has 8 heteroatoms. The number of hydrogen-bond donors (Lipinski definition) is 5. The van der Waals surface area contributed by atoms with Crippen LogP contribution in [-0.2, 0) is 14.3 Å². The van der Waals surface area contributed by atoms with E-state index in [1.54, 1.807) is 0 Å². The van der Waals surface area contributed by atoms with Crippen molar-refractivity contribution >= 4 is 11.8 Å². The number of nitrogens with one attached hydrogen (secondary N) is 1. The lowest BCUT2D eigenvalue weighted by molar-refractivity contribution is -0.156. The van der Waals surface area contributed by atoms with Crippen molar-refractivity contribution in [2.24, 2.45) is 0 Å². The normalized spacial score (nSPS) is 25.5. The van der Waals surface area contributed by atoms with Gasteiger partial charge in [0.25, 0.3) is 0 Å². The Morgan fingerprint density at radius 2 is 2.11 bits per heavy atom. The summed E-state index contributed by atoms with van der Waals surface area (Å²) in [6.07, 6.45) is -4.33. The van der Waals surface area contributed by atoms with Gasteiger partial charge in [0.1, 0.15) is 25.8 Å². The van der Waals surface area contributed by atoms with Crippen molar-refractivity contribution in [3.05, 3.63) is 0 Å². The topological polar surface area (TPSA) is 136 Å². The van der Waals surface area contributed by atoms with Crippen molar-refractivity contribution < 1.29 is 36.2 Å². The van der Waals surface area contributed by atoms with Crippen LogP contribution in [0.1, 0.15) is 12.8 Å². The number of aliphatic hydroxyl groups excluding tert-OH is 4. The molecule has 0 spiro atoms. The third-order valence-corrected chi connectivity index (χ3v) is 2.85. The molecule has 0 saturated carbocycles. The molecule has 110 valence electrons. The van der Waals surface area contributed by atoms with Gasteiger partial charge in [-0.05, 0) is 19.4 Å². The summed E-state index contributed by atoms with van der Waals surface area (Å²) in [4.78, 5) is 23.0. The summed E-state index contributed by atoms with van der Waals surface area (Å²) in [5.74, 6) is -1.73. The minimum atomic E-state index is -1.96. The minimum Gasteiger partial charge on any atom is -0.456 e. The van der Waals surface area contributed by atoms with Crippen LogP contribution in [0, 0.1) is 0 Å². The van der Waals surface area contributed by atoms with Crippen molar-refractivity contribution in [3.8, 4) is 0 Å². The Morgan fingerprint density at radius 1 is 1.42 bits per heavy atom. The zero-order valence-electron chi connectivity index (χ0n) is 11.3. The first-order valence-corrected chi connectivity index (χ1v) is 5.98. The molecule has 0 radical (unpaired) electrons. The first-order valence-electron chi connectivity index (χ1n) is 6.43. The van der Waals surface area contributed by atoms with E-state index in [-0.39, 0.29) is 0 Å². The van der Waals surface area contributed by atoms with Gasteiger partial charge in [-0.2, -0.15) is 0 Å². The van der Waals surface area contributed by atoms with Crippen LogP contribution in [0.2, 0.25) is 1.41 Å². The molecule has 0 aromatic carbocycles. The Balaban J connectivity index is 2.40. The number of carbonyl (C=O) groups excluding carboxylic acids is 2. The van der Waals surface area contributed by atoms with Crippen LogP contribution in [0.3, 0.4) is 0 Å². The van der Waals surface area contributed by atoms with Crippen LogP contribution in [0.15, 0.2) is 0 Å². The van der Waals surface area contributed by atoms with Crippen LogP contribution >= 0.6 is 0 Å². The fourth-order valence-electron chi connectivity index (χ4n) is 1.65. The second kappa shape index (κ2) is 7.51. The molecule has 1 heterocycles. The second-order valence-electron chi connectivity index (χ2n) is 4.32. The Hall–Kier alpha value is -1.06. The lowest BCUT2D eigenvalue weighted by Gasteiger charge is -2.20. The number of aliphatic hydroxyl groups is 4. The fraction of sp³-hybridized carbons (Fsp3) is 0.818. The van der Waals surface area contributed by atoms with Crippen LogP contribution in [0.25, 0.3) is 0 Å². The molecule has 1 fully saturated rings. The predicted octanol–water partition coefficient (Wildman–Crippen LogP) is -3.07. The highest BCUT2D eigenvalue weighted by Crippen LogP contribution is 2.07. The fourth-order valence-corrected chi connectivity index (χ4v) is 1.65. The summed E-state index contributed by atoms with van der Waals surface area (Å²) in [5.41, 5.74) is 0. The predicted molar refractivity (Wildman–Crippen MR) is 62.1 cm³/mol. The summed E-state index contributed by atoms with van der Waals surface area (Å²) >= 11 is 0. The summed E-state index contributed by atoms with van der Waals surface area (Å²) in [5, 5.41) is 37.4. The zero-order chi connectivity index (χ0) is 15.3. The molecule has 0 unspecified atom stereocenters. The summed E-state index contributed by atoms with van der Waals surface area (Å²) < 4.78 is 12.1. The molecule has 0 aromatic rings. The first kappa shape index (κ1) is 14.4. The van der Waals surface area contributed by atoms with E-state index in [1.165, 1.54) is 0 Å². The Labute approximate surface area is 111 Å². The van der Waals surface area contributed by atoms with Gasteiger partial charge in [-0.3, -0.25) is 9.59 Å². The summed E-state index contributed by atoms with van der Waals surface area (Å²) in [6, 6.07) is -0.729. The lowest BCUT2D eigenvalue weighted by atomic mass is 10.1. The third-order valence-electron chi connectivity index (χ3n) is 2.85. The molecule has 0 aromatic heterocycles. The van der Waals surface area contributed by atoms with Gasteiger partial charge in [-0.1, -0.05) is 0 Å². The Morgan fingerprint density at radius 3 is 2.63 bits per heavy atom. The van der Waals surface area contributed by atoms with Gasteiger partial charge >= 0.3 is 5.97 Å². The lowest BCUT2D eigenvalue weighted by Crippen LogP contribution is -2.45. The molecule has 5 N–H and O–H groups in total. The minimum absolute atomic E-state index is 0.442. The van der Waals surface area contributed by atoms with Crippen molar-refractivity contribution in [2.75, 3.05) is 19.8 Å². The van der Waals surface area contributed by atoms with E-state index in [9.17, 15) is 19.8 Å². The third kappa shape index (κ3) is 4.51. The second-order valence-corrected chi connectivity index (χ2v) is 4.32. The van der Waals surface area contributed by atoms with Crippen molar-refractivity contribution in [1.29, 1.82) is 0 Å². The first-order chi connectivity index (χ1) is 9.38. The highest BCUT2D eigenvalue weighted by atomic mass is 16.5. The smallest absolute Gasteiger partial charge is 0.323 e. The van der Waals surface area contributed by atoms with Gasteiger partial charge < -0.3 is 30.5 Å². The standard InChI is InChI=1S/C11H19NO7/c13-4-7(14)9(16)10(17)8(15)5-19-11(18)6-2-1-3-12-6/h6-7,9-10,12-14,16-17H,1-5H2/t6-,7+,9+,10+/m0/s1/i/hD. The number of carbonyl (C=O) groups is 2. The molecule has 1 saturated heterocycles. The van der Waals surface area contributed by atoms with Gasteiger partial charge in [0, 0.05) is 0 Å². The number of Topliss-reactive ketones (excluding diaryl/α,β-unsaturated/α-hetero) is 1. The van der Waals surface area contributed by atoms with Crippen LogP contribution in [0.5, 0.6) is 0 Å². The molecular formula is C11H19NO7. The van der Waals surface area contributed by atoms with Crippen LogP contribution < -0.4 is 5.31 Å². The van der Waals surface area contributed by atoms with Crippen LogP contribution in [0.4, 0.5) is 0 Å². The van der Waals surface area contributed by atoms with Crippen molar-refractivity contribution in [2.45, 2.75) is 37.2 Å². The molecule has 1 aliphatic rings. The maximum Gasteiger partial charge on any atom is 0.323 e. The van der Waals surface area contributed by atoms with Gasteiger partial charge in [0.15, 0.2) is 6.61 Å². The van der Waals surface area contributed by atoms with E-state index < -0.39 is 49.3 Å². The summed E-state index contributed by atoms with van der Waals surface area (Å²) in [7, 11) is 0. The number of ketones is 1. The maximum atomic E-state index is 11.6. The van der Waals surface area contributed by atoms with E-state index in [4.69, 9.17) is 11.6 Å². The zero-order valence-corrected chi connectivity index (χ0v) is 10.3. The Kier molecular flexibility index (Phi) is 5.67. The number of rotatable bonds is 7. The molecule has 0 bridgehead atoms. The molecule has 0 aliphatic carbocycles. The summed E-state index contributed by atoms with van der Waals surface area (Å²) in [6.45, 7) is -1.14. The highest BCUT2D eigenvalue weighted by Gasteiger charge is 2.31. The van der Waals surface area contributed by atoms with Crippen molar-refractivity contribution in [1.82, 2.24) is 5.31 Å².